The monoisotopic (exact) mass is 274 g/mol. The Labute approximate surface area is 114 Å². The first kappa shape index (κ1) is 12.6. The van der Waals surface area contributed by atoms with E-state index < -0.39 is 17.5 Å². The van der Waals surface area contributed by atoms with E-state index >= 15 is 0 Å². The fraction of sp³-hybridized carbons (Fsp3) is 0.133. The SMILES string of the molecule is Nc1cccc2c1N(C(=O)c1cc(F)ccc1F)CC2. The Morgan fingerprint density at radius 3 is 2.80 bits per heavy atom. The third-order valence-corrected chi connectivity index (χ3v) is 3.43. The summed E-state index contributed by atoms with van der Waals surface area (Å²) in [6.07, 6.45) is 0.656. The molecule has 1 aliphatic heterocycles. The number of nitrogens with zero attached hydrogens (tertiary/aromatic N) is 1. The van der Waals surface area contributed by atoms with Crippen molar-refractivity contribution >= 4 is 17.3 Å². The van der Waals surface area contributed by atoms with Crippen LogP contribution in [0.2, 0.25) is 0 Å². The number of nitrogens with two attached hydrogens (primary N) is 1. The maximum Gasteiger partial charge on any atom is 0.261 e. The van der Waals surface area contributed by atoms with Gasteiger partial charge in [-0.05, 0) is 36.2 Å². The first-order chi connectivity index (χ1) is 9.58. The Bertz CT molecular complexity index is 700. The average Bonchev–Trinajstić information content (AvgIpc) is 2.86. The van der Waals surface area contributed by atoms with Gasteiger partial charge in [0.2, 0.25) is 0 Å². The lowest BCUT2D eigenvalue weighted by Gasteiger charge is -2.19. The molecule has 5 heteroatoms. The van der Waals surface area contributed by atoms with Gasteiger partial charge in [0.05, 0.1) is 16.9 Å². The van der Waals surface area contributed by atoms with Crippen LogP contribution < -0.4 is 10.6 Å². The van der Waals surface area contributed by atoms with E-state index in [1.807, 2.05) is 12.1 Å². The second-order valence-electron chi connectivity index (χ2n) is 4.69. The molecule has 1 aliphatic rings. The summed E-state index contributed by atoms with van der Waals surface area (Å²) in [5.74, 6) is -1.95. The lowest BCUT2D eigenvalue weighted by Crippen LogP contribution is -2.30. The van der Waals surface area contributed by atoms with Gasteiger partial charge < -0.3 is 10.6 Å². The molecule has 0 radical (unpaired) electrons. The van der Waals surface area contributed by atoms with Crippen LogP contribution in [0.15, 0.2) is 36.4 Å². The zero-order chi connectivity index (χ0) is 14.3. The van der Waals surface area contributed by atoms with Gasteiger partial charge in [-0.25, -0.2) is 8.78 Å². The van der Waals surface area contributed by atoms with Crippen LogP contribution in [0.4, 0.5) is 20.2 Å². The molecule has 0 atom stereocenters. The summed E-state index contributed by atoms with van der Waals surface area (Å²) in [7, 11) is 0. The van der Waals surface area contributed by atoms with Crippen molar-refractivity contribution in [3.63, 3.8) is 0 Å². The molecule has 0 aromatic heterocycles. The number of carbonyl (C=O) groups is 1. The molecule has 20 heavy (non-hydrogen) atoms. The highest BCUT2D eigenvalue weighted by Gasteiger charge is 2.29. The molecule has 2 aromatic carbocycles. The molecule has 0 fully saturated rings. The van der Waals surface area contributed by atoms with E-state index in [0.717, 1.165) is 23.8 Å². The quantitative estimate of drug-likeness (QED) is 0.813. The number of halogens is 2. The number of amides is 1. The molecular formula is C15H12F2N2O. The lowest BCUT2D eigenvalue weighted by molar-refractivity contribution is 0.0985. The smallest absolute Gasteiger partial charge is 0.261 e. The van der Waals surface area contributed by atoms with Crippen molar-refractivity contribution in [1.82, 2.24) is 0 Å². The molecular weight excluding hydrogens is 262 g/mol. The van der Waals surface area contributed by atoms with Crippen LogP contribution in [0.25, 0.3) is 0 Å². The number of nitrogen functional groups attached to an aromatic ring is 1. The van der Waals surface area contributed by atoms with Crippen molar-refractivity contribution in [2.75, 3.05) is 17.2 Å². The number of rotatable bonds is 1. The molecule has 2 aromatic rings. The molecule has 0 bridgehead atoms. The van der Waals surface area contributed by atoms with Gasteiger partial charge in [0, 0.05) is 6.54 Å². The van der Waals surface area contributed by atoms with E-state index in [4.69, 9.17) is 5.73 Å². The maximum atomic E-state index is 13.7. The summed E-state index contributed by atoms with van der Waals surface area (Å²) < 4.78 is 26.9. The summed E-state index contributed by atoms with van der Waals surface area (Å²) in [5, 5.41) is 0. The largest absolute Gasteiger partial charge is 0.397 e. The van der Waals surface area contributed by atoms with Crippen molar-refractivity contribution in [2.45, 2.75) is 6.42 Å². The summed E-state index contributed by atoms with van der Waals surface area (Å²) in [6, 6.07) is 8.22. The molecule has 3 rings (SSSR count). The zero-order valence-electron chi connectivity index (χ0n) is 10.6. The maximum absolute atomic E-state index is 13.7. The number of benzene rings is 2. The molecule has 1 heterocycles. The number of hydrogen-bond donors (Lipinski definition) is 1. The number of fused-ring (bicyclic) bond motifs is 1. The highest BCUT2D eigenvalue weighted by Crippen LogP contribution is 2.34. The summed E-state index contributed by atoms with van der Waals surface area (Å²) in [6.45, 7) is 0.415. The van der Waals surface area contributed by atoms with Crippen LogP contribution in [-0.2, 0) is 6.42 Å². The topological polar surface area (TPSA) is 46.3 Å². The van der Waals surface area contributed by atoms with Gasteiger partial charge in [-0.1, -0.05) is 12.1 Å². The summed E-state index contributed by atoms with van der Waals surface area (Å²) in [4.78, 5) is 13.8. The lowest BCUT2D eigenvalue weighted by atomic mass is 10.1. The van der Waals surface area contributed by atoms with Crippen LogP contribution in [0.1, 0.15) is 15.9 Å². The van der Waals surface area contributed by atoms with Crippen molar-refractivity contribution in [3.05, 3.63) is 59.2 Å². The summed E-state index contributed by atoms with van der Waals surface area (Å²) in [5.41, 5.74) is 7.61. The van der Waals surface area contributed by atoms with Crippen molar-refractivity contribution in [2.24, 2.45) is 0 Å². The van der Waals surface area contributed by atoms with Crippen LogP contribution in [0, 0.1) is 11.6 Å². The minimum Gasteiger partial charge on any atom is -0.397 e. The van der Waals surface area contributed by atoms with Gasteiger partial charge in [-0.2, -0.15) is 0 Å². The third kappa shape index (κ3) is 1.91. The fourth-order valence-electron chi connectivity index (χ4n) is 2.50. The highest BCUT2D eigenvalue weighted by atomic mass is 19.1. The van der Waals surface area contributed by atoms with Gasteiger partial charge in [0.1, 0.15) is 11.6 Å². The molecule has 0 aliphatic carbocycles. The number of para-hydroxylation sites is 1. The number of anilines is 2. The van der Waals surface area contributed by atoms with Crippen LogP contribution >= 0.6 is 0 Å². The highest BCUT2D eigenvalue weighted by molar-refractivity contribution is 6.09. The van der Waals surface area contributed by atoms with Crippen molar-refractivity contribution in [3.8, 4) is 0 Å². The Balaban J connectivity index is 2.04. The zero-order valence-corrected chi connectivity index (χ0v) is 10.6. The van der Waals surface area contributed by atoms with Gasteiger partial charge in [-0.3, -0.25) is 4.79 Å². The Hall–Kier alpha value is -2.43. The van der Waals surface area contributed by atoms with Crippen LogP contribution in [0.3, 0.4) is 0 Å². The van der Waals surface area contributed by atoms with E-state index in [0.29, 0.717) is 24.3 Å². The number of carbonyl (C=O) groups excluding carboxylic acids is 1. The molecule has 2 N–H and O–H groups in total. The van der Waals surface area contributed by atoms with E-state index in [1.165, 1.54) is 4.90 Å². The molecule has 0 spiro atoms. The number of hydrogen-bond acceptors (Lipinski definition) is 2. The third-order valence-electron chi connectivity index (χ3n) is 3.43. The first-order valence-electron chi connectivity index (χ1n) is 6.22. The minimum absolute atomic E-state index is 0.277. The van der Waals surface area contributed by atoms with E-state index in [9.17, 15) is 13.6 Å². The Morgan fingerprint density at radius 1 is 1.20 bits per heavy atom. The molecule has 0 unspecified atom stereocenters. The van der Waals surface area contributed by atoms with Gasteiger partial charge >= 0.3 is 0 Å². The molecule has 0 saturated heterocycles. The van der Waals surface area contributed by atoms with Crippen LogP contribution in [0.5, 0.6) is 0 Å². The predicted molar refractivity (Wildman–Crippen MR) is 72.6 cm³/mol. The minimum atomic E-state index is -0.737. The van der Waals surface area contributed by atoms with Crippen molar-refractivity contribution < 1.29 is 13.6 Å². The molecule has 3 nitrogen and oxygen atoms in total. The Morgan fingerprint density at radius 2 is 2.00 bits per heavy atom. The normalized spacial score (nSPS) is 13.4. The van der Waals surface area contributed by atoms with Crippen LogP contribution in [-0.4, -0.2) is 12.5 Å². The standard InChI is InChI=1S/C15H12F2N2O/c16-10-4-5-12(17)11(8-10)15(20)19-7-6-9-2-1-3-13(18)14(9)19/h1-5,8H,6-7,18H2. The fourth-order valence-corrected chi connectivity index (χ4v) is 2.50. The molecule has 1 amide bonds. The second-order valence-corrected chi connectivity index (χ2v) is 4.69. The predicted octanol–water partition coefficient (Wildman–Crippen LogP) is 2.75. The van der Waals surface area contributed by atoms with E-state index in [1.54, 1.807) is 6.07 Å². The van der Waals surface area contributed by atoms with E-state index in [2.05, 4.69) is 0 Å². The Kier molecular flexibility index (Phi) is 2.89. The second kappa shape index (κ2) is 4.59. The summed E-state index contributed by atoms with van der Waals surface area (Å²) >= 11 is 0. The average molecular weight is 274 g/mol. The van der Waals surface area contributed by atoms with Crippen molar-refractivity contribution in [1.29, 1.82) is 0 Å². The van der Waals surface area contributed by atoms with E-state index in [-0.39, 0.29) is 5.56 Å². The van der Waals surface area contributed by atoms with Gasteiger partial charge in [-0.15, -0.1) is 0 Å². The molecule has 102 valence electrons. The first-order valence-corrected chi connectivity index (χ1v) is 6.22. The van der Waals surface area contributed by atoms with Gasteiger partial charge in [0.15, 0.2) is 0 Å². The van der Waals surface area contributed by atoms with Gasteiger partial charge in [0.25, 0.3) is 5.91 Å². The molecule has 0 saturated carbocycles.